The SMILES string of the molecule is CC(C)(C)C1CCC(OC(=O)C(=O)OCl)CC1. The Labute approximate surface area is 107 Å². The number of rotatable bonds is 1. The maximum Gasteiger partial charge on any atom is 0.435 e. The van der Waals surface area contributed by atoms with E-state index in [9.17, 15) is 9.59 Å². The molecule has 4 nitrogen and oxygen atoms in total. The van der Waals surface area contributed by atoms with Crippen LogP contribution in [0.5, 0.6) is 0 Å². The molecule has 1 rings (SSSR count). The molecule has 0 heterocycles. The molecule has 0 radical (unpaired) electrons. The van der Waals surface area contributed by atoms with Crippen molar-refractivity contribution in [2.45, 2.75) is 52.6 Å². The lowest BCUT2D eigenvalue weighted by Gasteiger charge is -2.36. The molecule has 0 atom stereocenters. The monoisotopic (exact) mass is 262 g/mol. The second kappa shape index (κ2) is 5.71. The highest BCUT2D eigenvalue weighted by molar-refractivity contribution is 6.35. The lowest BCUT2D eigenvalue weighted by Crippen LogP contribution is -2.32. The van der Waals surface area contributed by atoms with E-state index in [4.69, 9.17) is 16.6 Å². The van der Waals surface area contributed by atoms with Gasteiger partial charge in [0.15, 0.2) is 0 Å². The van der Waals surface area contributed by atoms with Crippen LogP contribution in [0.4, 0.5) is 0 Å². The van der Waals surface area contributed by atoms with Crippen LogP contribution < -0.4 is 0 Å². The normalized spacial score (nSPS) is 25.2. The van der Waals surface area contributed by atoms with Crippen molar-refractivity contribution in [2.75, 3.05) is 0 Å². The first kappa shape index (κ1) is 14.3. The third-order valence-electron chi connectivity index (χ3n) is 3.41. The minimum atomic E-state index is -1.15. The van der Waals surface area contributed by atoms with Crippen molar-refractivity contribution in [1.82, 2.24) is 0 Å². The van der Waals surface area contributed by atoms with Crippen molar-refractivity contribution in [3.05, 3.63) is 0 Å². The fraction of sp³-hybridized carbons (Fsp3) is 0.833. The first-order chi connectivity index (χ1) is 7.84. The number of carbonyl (C=O) groups is 2. The summed E-state index contributed by atoms with van der Waals surface area (Å²) in [4.78, 5) is 21.9. The van der Waals surface area contributed by atoms with Crippen LogP contribution in [0, 0.1) is 11.3 Å². The molecular formula is C12H19ClO4. The lowest BCUT2D eigenvalue weighted by atomic mass is 9.72. The van der Waals surface area contributed by atoms with Gasteiger partial charge < -0.3 is 9.03 Å². The van der Waals surface area contributed by atoms with Crippen molar-refractivity contribution < 1.29 is 18.6 Å². The molecule has 0 bridgehead atoms. The Morgan fingerprint density at radius 2 is 1.59 bits per heavy atom. The molecule has 0 aromatic heterocycles. The average molecular weight is 263 g/mol. The molecule has 1 saturated carbocycles. The molecule has 0 N–H and O–H groups in total. The highest BCUT2D eigenvalue weighted by Gasteiger charge is 2.32. The van der Waals surface area contributed by atoms with Gasteiger partial charge in [-0.25, -0.2) is 9.59 Å². The number of ether oxygens (including phenoxy) is 1. The summed E-state index contributed by atoms with van der Waals surface area (Å²) in [5, 5.41) is 0. The van der Waals surface area contributed by atoms with Crippen LogP contribution in [0.25, 0.3) is 0 Å². The molecule has 0 aromatic rings. The van der Waals surface area contributed by atoms with Gasteiger partial charge in [-0.05, 0) is 37.0 Å². The van der Waals surface area contributed by atoms with Crippen molar-refractivity contribution in [1.29, 1.82) is 0 Å². The summed E-state index contributed by atoms with van der Waals surface area (Å²) in [6.45, 7) is 6.65. The van der Waals surface area contributed by atoms with E-state index >= 15 is 0 Å². The standard InChI is InChI=1S/C12H19ClO4/c1-12(2,3)8-4-6-9(7-5-8)16-10(14)11(15)17-13/h8-9H,4-7H2,1-3H3. The fourth-order valence-electron chi connectivity index (χ4n) is 2.28. The molecule has 0 amide bonds. The van der Waals surface area contributed by atoms with E-state index in [2.05, 4.69) is 25.1 Å². The van der Waals surface area contributed by atoms with Gasteiger partial charge in [0, 0.05) is 0 Å². The van der Waals surface area contributed by atoms with Gasteiger partial charge in [-0.1, -0.05) is 20.8 Å². The third-order valence-corrected chi connectivity index (χ3v) is 3.55. The zero-order valence-corrected chi connectivity index (χ0v) is 11.3. The van der Waals surface area contributed by atoms with Gasteiger partial charge in [0.05, 0.1) is 0 Å². The van der Waals surface area contributed by atoms with Crippen LogP contribution in [-0.2, 0) is 18.6 Å². The Morgan fingerprint density at radius 1 is 1.06 bits per heavy atom. The predicted molar refractivity (Wildman–Crippen MR) is 63.2 cm³/mol. The first-order valence-corrected chi connectivity index (χ1v) is 6.19. The summed E-state index contributed by atoms with van der Waals surface area (Å²) >= 11 is 4.80. The lowest BCUT2D eigenvalue weighted by molar-refractivity contribution is -0.167. The van der Waals surface area contributed by atoms with Crippen molar-refractivity contribution in [2.24, 2.45) is 11.3 Å². The molecule has 5 heteroatoms. The third kappa shape index (κ3) is 4.19. The second-order valence-electron chi connectivity index (χ2n) is 5.61. The number of hydrogen-bond donors (Lipinski definition) is 0. The molecule has 0 saturated heterocycles. The minimum absolute atomic E-state index is 0.183. The Kier molecular flexibility index (Phi) is 4.80. The summed E-state index contributed by atoms with van der Waals surface area (Å²) in [6, 6.07) is 0. The van der Waals surface area contributed by atoms with Gasteiger partial charge in [-0.2, -0.15) is 0 Å². The predicted octanol–water partition coefficient (Wildman–Crippen LogP) is 2.83. The number of esters is 1. The highest BCUT2D eigenvalue weighted by Crippen LogP contribution is 2.38. The van der Waals surface area contributed by atoms with Gasteiger partial charge in [0.1, 0.15) is 18.0 Å². The van der Waals surface area contributed by atoms with Gasteiger partial charge in [0.25, 0.3) is 0 Å². The van der Waals surface area contributed by atoms with E-state index in [0.29, 0.717) is 5.92 Å². The molecule has 17 heavy (non-hydrogen) atoms. The van der Waals surface area contributed by atoms with E-state index < -0.39 is 11.9 Å². The van der Waals surface area contributed by atoms with Crippen molar-refractivity contribution in [3.8, 4) is 0 Å². The van der Waals surface area contributed by atoms with Gasteiger partial charge in [-0.3, -0.25) is 0 Å². The van der Waals surface area contributed by atoms with Crippen LogP contribution in [0.2, 0.25) is 0 Å². The van der Waals surface area contributed by atoms with E-state index in [-0.39, 0.29) is 11.5 Å². The molecule has 1 aliphatic carbocycles. The summed E-state index contributed by atoms with van der Waals surface area (Å²) in [5.41, 5.74) is 0.282. The number of hydrogen-bond acceptors (Lipinski definition) is 4. The van der Waals surface area contributed by atoms with Crippen molar-refractivity contribution >= 4 is 23.8 Å². The maximum atomic E-state index is 11.1. The zero-order valence-electron chi connectivity index (χ0n) is 10.5. The average Bonchev–Trinajstić information content (AvgIpc) is 2.27. The molecule has 0 unspecified atom stereocenters. The van der Waals surface area contributed by atoms with Crippen LogP contribution in [-0.4, -0.2) is 18.0 Å². The largest absolute Gasteiger partial charge is 0.454 e. The quantitative estimate of drug-likeness (QED) is 0.539. The van der Waals surface area contributed by atoms with E-state index in [1.165, 1.54) is 0 Å². The zero-order chi connectivity index (χ0) is 13.1. The molecule has 0 aliphatic heterocycles. The topological polar surface area (TPSA) is 52.6 Å². The number of halogens is 1. The second-order valence-corrected chi connectivity index (χ2v) is 5.76. The molecule has 0 spiro atoms. The summed E-state index contributed by atoms with van der Waals surface area (Å²) in [6.07, 6.45) is 3.43. The smallest absolute Gasteiger partial charge is 0.435 e. The highest BCUT2D eigenvalue weighted by atomic mass is 35.5. The van der Waals surface area contributed by atoms with Crippen LogP contribution in [0.15, 0.2) is 0 Å². The van der Waals surface area contributed by atoms with Crippen LogP contribution >= 0.6 is 11.9 Å². The molecule has 98 valence electrons. The fourth-order valence-corrected chi connectivity index (χ4v) is 2.34. The molecule has 0 aromatic carbocycles. The van der Waals surface area contributed by atoms with Crippen LogP contribution in [0.3, 0.4) is 0 Å². The van der Waals surface area contributed by atoms with Crippen molar-refractivity contribution in [3.63, 3.8) is 0 Å². The number of carbonyl (C=O) groups excluding carboxylic acids is 2. The van der Waals surface area contributed by atoms with Crippen LogP contribution in [0.1, 0.15) is 46.5 Å². The Hall–Kier alpha value is -0.770. The Bertz CT molecular complexity index is 287. The van der Waals surface area contributed by atoms with E-state index in [1.807, 2.05) is 0 Å². The van der Waals surface area contributed by atoms with E-state index in [0.717, 1.165) is 25.7 Å². The molecule has 1 fully saturated rings. The minimum Gasteiger partial charge on any atom is -0.454 e. The summed E-state index contributed by atoms with van der Waals surface area (Å²) in [7, 11) is 0. The maximum absolute atomic E-state index is 11.1. The molecule has 1 aliphatic rings. The first-order valence-electron chi connectivity index (χ1n) is 5.88. The van der Waals surface area contributed by atoms with Gasteiger partial charge >= 0.3 is 11.9 Å². The van der Waals surface area contributed by atoms with Gasteiger partial charge in [-0.15, -0.1) is 0 Å². The summed E-state index contributed by atoms with van der Waals surface area (Å²) in [5.74, 6) is -1.51. The Morgan fingerprint density at radius 3 is 2.00 bits per heavy atom. The van der Waals surface area contributed by atoms with E-state index in [1.54, 1.807) is 0 Å². The Balaban J connectivity index is 2.38. The molecular weight excluding hydrogens is 244 g/mol. The summed E-state index contributed by atoms with van der Waals surface area (Å²) < 4.78 is 8.79. The van der Waals surface area contributed by atoms with Gasteiger partial charge in [0.2, 0.25) is 0 Å².